The van der Waals surface area contributed by atoms with Crippen LogP contribution in [0.1, 0.15) is 26.3 Å². The average molecular weight is 348 g/mol. The summed E-state index contributed by atoms with van der Waals surface area (Å²) in [6.45, 7) is 0.370. The summed E-state index contributed by atoms with van der Waals surface area (Å²) in [6, 6.07) is 21.8. The van der Waals surface area contributed by atoms with Crippen LogP contribution in [-0.2, 0) is 6.54 Å². The number of para-hydroxylation sites is 1. The van der Waals surface area contributed by atoms with Gasteiger partial charge in [0.1, 0.15) is 5.82 Å². The zero-order chi connectivity index (χ0) is 18.4. The van der Waals surface area contributed by atoms with E-state index in [4.69, 9.17) is 0 Å². The number of hydrogen-bond donors (Lipinski definition) is 2. The molecule has 130 valence electrons. The molecule has 0 fully saturated rings. The van der Waals surface area contributed by atoms with Gasteiger partial charge in [0.2, 0.25) is 0 Å². The van der Waals surface area contributed by atoms with Crippen molar-refractivity contribution < 1.29 is 14.0 Å². The molecule has 0 saturated carbocycles. The minimum atomic E-state index is -0.615. The van der Waals surface area contributed by atoms with Gasteiger partial charge in [-0.25, -0.2) is 4.39 Å². The van der Waals surface area contributed by atoms with Gasteiger partial charge in [0.25, 0.3) is 11.8 Å². The van der Waals surface area contributed by atoms with E-state index in [1.807, 2.05) is 30.3 Å². The van der Waals surface area contributed by atoms with E-state index in [2.05, 4.69) is 10.6 Å². The van der Waals surface area contributed by atoms with Crippen molar-refractivity contribution in [3.63, 3.8) is 0 Å². The summed E-state index contributed by atoms with van der Waals surface area (Å²) in [6.07, 6.45) is 0. The van der Waals surface area contributed by atoms with Crippen molar-refractivity contribution in [1.29, 1.82) is 0 Å². The van der Waals surface area contributed by atoms with Gasteiger partial charge in [0, 0.05) is 6.54 Å². The van der Waals surface area contributed by atoms with Crippen LogP contribution in [0.5, 0.6) is 0 Å². The quantitative estimate of drug-likeness (QED) is 0.732. The Hall–Kier alpha value is -3.47. The molecule has 3 aromatic rings. The summed E-state index contributed by atoms with van der Waals surface area (Å²) in [5.41, 5.74) is 1.53. The third-order valence-corrected chi connectivity index (χ3v) is 3.83. The van der Waals surface area contributed by atoms with E-state index >= 15 is 0 Å². The molecule has 5 heteroatoms. The molecule has 0 saturated heterocycles. The first-order valence-electron chi connectivity index (χ1n) is 8.12. The Bertz CT molecular complexity index is 926. The smallest absolute Gasteiger partial charge is 0.258 e. The van der Waals surface area contributed by atoms with Crippen molar-refractivity contribution in [1.82, 2.24) is 5.32 Å². The molecule has 0 aliphatic carbocycles. The molecule has 26 heavy (non-hydrogen) atoms. The van der Waals surface area contributed by atoms with E-state index in [9.17, 15) is 14.0 Å². The number of benzene rings is 3. The molecule has 0 unspecified atom stereocenters. The fourth-order valence-electron chi connectivity index (χ4n) is 2.50. The van der Waals surface area contributed by atoms with Crippen molar-refractivity contribution in [3.8, 4) is 0 Å². The molecular formula is C21H17FN2O2. The first-order chi connectivity index (χ1) is 12.6. The van der Waals surface area contributed by atoms with E-state index in [0.717, 1.165) is 5.56 Å². The number of carbonyl (C=O) groups is 2. The Balaban J connectivity index is 1.74. The van der Waals surface area contributed by atoms with Crippen molar-refractivity contribution >= 4 is 17.5 Å². The van der Waals surface area contributed by atoms with Crippen LogP contribution >= 0.6 is 0 Å². The Morgan fingerprint density at radius 3 is 2.08 bits per heavy atom. The molecule has 0 aromatic heterocycles. The Labute approximate surface area is 150 Å². The van der Waals surface area contributed by atoms with E-state index in [0.29, 0.717) is 17.8 Å². The van der Waals surface area contributed by atoms with Crippen LogP contribution in [-0.4, -0.2) is 11.8 Å². The maximum atomic E-state index is 13.8. The molecule has 0 aliphatic heterocycles. The first-order valence-corrected chi connectivity index (χ1v) is 8.12. The molecule has 4 nitrogen and oxygen atoms in total. The number of amides is 2. The van der Waals surface area contributed by atoms with Crippen LogP contribution in [0.15, 0.2) is 78.9 Å². The van der Waals surface area contributed by atoms with Gasteiger partial charge in [-0.1, -0.05) is 54.6 Å². The maximum absolute atomic E-state index is 13.8. The lowest BCUT2D eigenvalue weighted by atomic mass is 10.1. The summed E-state index contributed by atoms with van der Waals surface area (Å²) in [4.78, 5) is 24.8. The number of halogens is 1. The van der Waals surface area contributed by atoms with E-state index in [1.54, 1.807) is 30.3 Å². The van der Waals surface area contributed by atoms with Crippen LogP contribution in [0.4, 0.5) is 10.1 Å². The molecule has 0 bridgehead atoms. The lowest BCUT2D eigenvalue weighted by Gasteiger charge is -2.12. The first kappa shape index (κ1) is 17.4. The summed E-state index contributed by atoms with van der Waals surface area (Å²) < 4.78 is 13.8. The van der Waals surface area contributed by atoms with Crippen molar-refractivity contribution in [2.24, 2.45) is 0 Å². The van der Waals surface area contributed by atoms with Crippen LogP contribution in [0.2, 0.25) is 0 Å². The number of hydrogen-bond acceptors (Lipinski definition) is 2. The zero-order valence-electron chi connectivity index (χ0n) is 13.9. The molecular weight excluding hydrogens is 331 g/mol. The van der Waals surface area contributed by atoms with Gasteiger partial charge in [-0.3, -0.25) is 9.59 Å². The van der Waals surface area contributed by atoms with Crippen LogP contribution in [0, 0.1) is 5.82 Å². The second-order valence-corrected chi connectivity index (χ2v) is 5.65. The largest absolute Gasteiger partial charge is 0.348 e. The second-order valence-electron chi connectivity index (χ2n) is 5.65. The molecule has 3 aromatic carbocycles. The van der Waals surface area contributed by atoms with Gasteiger partial charge < -0.3 is 10.6 Å². The highest BCUT2D eigenvalue weighted by molar-refractivity contribution is 6.09. The lowest BCUT2D eigenvalue weighted by molar-refractivity contribution is 0.0952. The third kappa shape index (κ3) is 4.13. The van der Waals surface area contributed by atoms with Gasteiger partial charge in [-0.05, 0) is 29.8 Å². The van der Waals surface area contributed by atoms with Crippen LogP contribution in [0.3, 0.4) is 0 Å². The van der Waals surface area contributed by atoms with Crippen molar-refractivity contribution in [3.05, 3.63) is 101 Å². The zero-order valence-corrected chi connectivity index (χ0v) is 13.9. The molecule has 2 amide bonds. The van der Waals surface area contributed by atoms with Gasteiger partial charge in [0.05, 0.1) is 16.8 Å². The summed E-state index contributed by atoms with van der Waals surface area (Å²) in [7, 11) is 0. The summed E-state index contributed by atoms with van der Waals surface area (Å²) in [5, 5.41) is 5.42. The summed E-state index contributed by atoms with van der Waals surface area (Å²) >= 11 is 0. The molecule has 3 rings (SSSR count). The van der Waals surface area contributed by atoms with Gasteiger partial charge >= 0.3 is 0 Å². The standard InChI is InChI=1S/C21H17FN2O2/c22-18-12-6-4-10-16(18)21(26)24-19-13-7-5-11-17(19)20(25)23-14-15-8-2-1-3-9-15/h1-13H,14H2,(H,23,25)(H,24,26). The molecule has 0 radical (unpaired) electrons. The Morgan fingerprint density at radius 1 is 0.731 bits per heavy atom. The minimum Gasteiger partial charge on any atom is -0.348 e. The fraction of sp³-hybridized carbons (Fsp3) is 0.0476. The molecule has 0 atom stereocenters. The molecule has 0 aliphatic rings. The topological polar surface area (TPSA) is 58.2 Å². The third-order valence-electron chi connectivity index (χ3n) is 3.83. The highest BCUT2D eigenvalue weighted by atomic mass is 19.1. The number of carbonyl (C=O) groups excluding carboxylic acids is 2. The number of nitrogens with one attached hydrogen (secondary N) is 2. The predicted octanol–water partition coefficient (Wildman–Crippen LogP) is 4.01. The molecule has 0 heterocycles. The normalized spacial score (nSPS) is 10.2. The summed E-state index contributed by atoms with van der Waals surface area (Å²) in [5.74, 6) is -1.54. The van der Waals surface area contributed by atoms with Gasteiger partial charge in [-0.15, -0.1) is 0 Å². The van der Waals surface area contributed by atoms with Crippen molar-refractivity contribution in [2.45, 2.75) is 6.54 Å². The monoisotopic (exact) mass is 348 g/mol. The Morgan fingerprint density at radius 2 is 1.35 bits per heavy atom. The highest BCUT2D eigenvalue weighted by Crippen LogP contribution is 2.17. The predicted molar refractivity (Wildman–Crippen MR) is 98.4 cm³/mol. The SMILES string of the molecule is O=C(Nc1ccccc1C(=O)NCc1ccccc1)c1ccccc1F. The van der Waals surface area contributed by atoms with Gasteiger partial charge in [0.15, 0.2) is 0 Å². The van der Waals surface area contributed by atoms with E-state index in [-0.39, 0.29) is 11.5 Å². The number of rotatable bonds is 5. The highest BCUT2D eigenvalue weighted by Gasteiger charge is 2.15. The van der Waals surface area contributed by atoms with Gasteiger partial charge in [-0.2, -0.15) is 0 Å². The maximum Gasteiger partial charge on any atom is 0.258 e. The van der Waals surface area contributed by atoms with Crippen LogP contribution < -0.4 is 10.6 Å². The second kappa shape index (κ2) is 8.07. The number of anilines is 1. The lowest BCUT2D eigenvalue weighted by Crippen LogP contribution is -2.25. The van der Waals surface area contributed by atoms with Crippen LogP contribution in [0.25, 0.3) is 0 Å². The van der Waals surface area contributed by atoms with E-state index < -0.39 is 11.7 Å². The van der Waals surface area contributed by atoms with E-state index in [1.165, 1.54) is 18.2 Å². The molecule has 0 spiro atoms. The minimum absolute atomic E-state index is 0.0769. The average Bonchev–Trinajstić information content (AvgIpc) is 2.67. The Kier molecular flexibility index (Phi) is 5.39. The van der Waals surface area contributed by atoms with Crippen molar-refractivity contribution in [2.75, 3.05) is 5.32 Å². The fourth-order valence-corrected chi connectivity index (χ4v) is 2.50. The molecule has 2 N–H and O–H groups in total.